The molecule has 2 rings (SSSR count). The van der Waals surface area contributed by atoms with Gasteiger partial charge in [-0.25, -0.2) is 0 Å². The van der Waals surface area contributed by atoms with Gasteiger partial charge in [-0.15, -0.1) is 0 Å². The molecule has 1 aromatic carbocycles. The SMILES string of the molecule is O=[NH+]c1cc(Cl)cc2c1NC(=O)CO2. The molecule has 0 atom stereocenters. The van der Waals surface area contributed by atoms with Gasteiger partial charge in [0.2, 0.25) is 0 Å². The summed E-state index contributed by atoms with van der Waals surface area (Å²) >= 11 is 5.73. The topological polar surface area (TPSA) is 69.4 Å². The van der Waals surface area contributed by atoms with Gasteiger partial charge in [-0.05, 0) is 0 Å². The lowest BCUT2D eigenvalue weighted by atomic mass is 10.2. The van der Waals surface area contributed by atoms with Crippen LogP contribution in [0.4, 0.5) is 11.4 Å². The van der Waals surface area contributed by atoms with E-state index in [2.05, 4.69) is 5.32 Å². The first-order valence-electron chi connectivity index (χ1n) is 3.85. The second kappa shape index (κ2) is 3.26. The normalized spacial score (nSPS) is 13.9. The van der Waals surface area contributed by atoms with Gasteiger partial charge in [0, 0.05) is 22.2 Å². The van der Waals surface area contributed by atoms with Crippen LogP contribution < -0.4 is 15.2 Å². The number of hydrogen-bond donors (Lipinski definition) is 2. The second-order valence-electron chi connectivity index (χ2n) is 2.77. The summed E-state index contributed by atoms with van der Waals surface area (Å²) < 4.78 is 5.08. The van der Waals surface area contributed by atoms with Crippen molar-refractivity contribution in [2.24, 2.45) is 0 Å². The number of anilines is 1. The molecule has 1 aromatic rings. The summed E-state index contributed by atoms with van der Waals surface area (Å²) in [5, 5.41) is 4.58. The number of carbonyl (C=O) groups is 1. The van der Waals surface area contributed by atoms with E-state index in [1.165, 1.54) is 12.1 Å². The molecule has 0 aromatic heterocycles. The quantitative estimate of drug-likeness (QED) is 0.698. The van der Waals surface area contributed by atoms with Crippen LogP contribution in [0.3, 0.4) is 0 Å². The molecule has 0 aliphatic carbocycles. The smallest absolute Gasteiger partial charge is 0.282 e. The van der Waals surface area contributed by atoms with Crippen LogP contribution in [0.15, 0.2) is 12.1 Å². The largest absolute Gasteiger partial charge is 0.481 e. The summed E-state index contributed by atoms with van der Waals surface area (Å²) in [4.78, 5) is 21.5. The van der Waals surface area contributed by atoms with Gasteiger partial charge in [-0.3, -0.25) is 4.79 Å². The van der Waals surface area contributed by atoms with Crippen LogP contribution in [0, 0.1) is 4.91 Å². The van der Waals surface area contributed by atoms with E-state index in [1.807, 2.05) is 0 Å². The van der Waals surface area contributed by atoms with E-state index in [1.54, 1.807) is 5.18 Å². The number of rotatable bonds is 1. The van der Waals surface area contributed by atoms with Crippen molar-refractivity contribution in [1.82, 2.24) is 0 Å². The minimum atomic E-state index is -0.295. The number of nitrogens with one attached hydrogen (secondary N) is 2. The van der Waals surface area contributed by atoms with E-state index < -0.39 is 0 Å². The van der Waals surface area contributed by atoms with Gasteiger partial charge in [0.25, 0.3) is 11.6 Å². The van der Waals surface area contributed by atoms with Crippen molar-refractivity contribution in [3.05, 3.63) is 22.1 Å². The van der Waals surface area contributed by atoms with Crippen LogP contribution in [0.1, 0.15) is 0 Å². The van der Waals surface area contributed by atoms with Crippen LogP contribution in [-0.2, 0) is 4.79 Å². The van der Waals surface area contributed by atoms with E-state index in [0.29, 0.717) is 16.5 Å². The zero-order valence-electron chi connectivity index (χ0n) is 6.96. The van der Waals surface area contributed by atoms with Crippen molar-refractivity contribution >= 4 is 28.9 Å². The molecule has 0 radical (unpaired) electrons. The number of fused-ring (bicyclic) bond motifs is 1. The van der Waals surface area contributed by atoms with Crippen molar-refractivity contribution in [2.75, 3.05) is 11.9 Å². The fourth-order valence-corrected chi connectivity index (χ4v) is 1.43. The number of halogens is 1. The van der Waals surface area contributed by atoms with Crippen LogP contribution >= 0.6 is 11.6 Å². The highest BCUT2D eigenvalue weighted by molar-refractivity contribution is 6.31. The standard InChI is InChI=1S/C8H5ClN2O3/c9-4-1-5(11-13)8-6(2-4)14-3-7(12)10-8/h1-2H,3H2,(H,10,12)/p+1. The number of nitroso groups, excluding NO2 is 1. The number of carbonyl (C=O) groups excluding carboxylic acids is 1. The molecule has 0 saturated heterocycles. The number of amides is 1. The Bertz CT molecular complexity index is 419. The molecule has 1 aliphatic rings. The van der Waals surface area contributed by atoms with Crippen molar-refractivity contribution in [3.63, 3.8) is 0 Å². The Morgan fingerprint density at radius 1 is 1.50 bits per heavy atom. The average Bonchev–Trinajstić information content (AvgIpc) is 2.17. The van der Waals surface area contributed by atoms with Crippen LogP contribution in [0.2, 0.25) is 5.02 Å². The lowest BCUT2D eigenvalue weighted by Crippen LogP contribution is -2.56. The fraction of sp³-hybridized carbons (Fsp3) is 0.125. The van der Waals surface area contributed by atoms with Crippen LogP contribution in [-0.4, -0.2) is 12.5 Å². The predicted molar refractivity (Wildman–Crippen MR) is 49.6 cm³/mol. The van der Waals surface area contributed by atoms with Gasteiger partial charge in [0.15, 0.2) is 18.0 Å². The summed E-state index contributed by atoms with van der Waals surface area (Å²) in [5.41, 5.74) is 0.529. The third-order valence-corrected chi connectivity index (χ3v) is 2.02. The highest BCUT2D eigenvalue weighted by Crippen LogP contribution is 2.35. The second-order valence-corrected chi connectivity index (χ2v) is 3.20. The molecule has 1 amide bonds. The maximum absolute atomic E-state index is 11.0. The van der Waals surface area contributed by atoms with Gasteiger partial charge in [0.05, 0.1) is 5.02 Å². The van der Waals surface area contributed by atoms with Crippen LogP contribution in [0.25, 0.3) is 0 Å². The molecule has 1 heterocycles. The van der Waals surface area contributed by atoms with E-state index in [9.17, 15) is 9.70 Å². The monoisotopic (exact) mass is 213 g/mol. The molecule has 0 bridgehead atoms. The third kappa shape index (κ3) is 1.42. The first kappa shape index (κ1) is 8.96. The molecular formula is C8H6ClN2O3+. The lowest BCUT2D eigenvalue weighted by molar-refractivity contribution is -0.378. The lowest BCUT2D eigenvalue weighted by Gasteiger charge is -2.16. The molecule has 0 saturated carbocycles. The molecule has 0 fully saturated rings. The Hall–Kier alpha value is -1.62. The van der Waals surface area contributed by atoms with E-state index in [-0.39, 0.29) is 18.2 Å². The van der Waals surface area contributed by atoms with E-state index in [4.69, 9.17) is 16.3 Å². The number of benzene rings is 1. The van der Waals surface area contributed by atoms with Crippen molar-refractivity contribution in [1.29, 1.82) is 0 Å². The Morgan fingerprint density at radius 3 is 3.00 bits per heavy atom. The summed E-state index contributed by atoms with van der Waals surface area (Å²) in [7, 11) is 0. The van der Waals surface area contributed by atoms with Crippen LogP contribution in [0.5, 0.6) is 5.75 Å². The van der Waals surface area contributed by atoms with Gasteiger partial charge in [-0.2, -0.15) is 0 Å². The molecule has 5 nitrogen and oxygen atoms in total. The van der Waals surface area contributed by atoms with E-state index in [0.717, 1.165) is 0 Å². The summed E-state index contributed by atoms with van der Waals surface area (Å²) in [5.74, 6) is 0.103. The zero-order chi connectivity index (χ0) is 10.1. The summed E-state index contributed by atoms with van der Waals surface area (Å²) in [6, 6.07) is 2.96. The fourth-order valence-electron chi connectivity index (χ4n) is 1.22. The molecule has 72 valence electrons. The maximum Gasteiger partial charge on any atom is 0.282 e. The molecular weight excluding hydrogens is 208 g/mol. The molecule has 6 heteroatoms. The molecule has 2 N–H and O–H groups in total. The first-order valence-corrected chi connectivity index (χ1v) is 4.23. The van der Waals surface area contributed by atoms with Gasteiger partial charge < -0.3 is 10.1 Å². The van der Waals surface area contributed by atoms with Gasteiger partial charge in [0.1, 0.15) is 0 Å². The predicted octanol–water partition coefficient (Wildman–Crippen LogP) is 0.149. The minimum Gasteiger partial charge on any atom is -0.481 e. The van der Waals surface area contributed by atoms with Gasteiger partial charge >= 0.3 is 0 Å². The third-order valence-electron chi connectivity index (χ3n) is 1.80. The number of ether oxygens (including phenoxy) is 1. The average molecular weight is 214 g/mol. The minimum absolute atomic E-state index is 0.0638. The van der Waals surface area contributed by atoms with Crippen molar-refractivity contribution < 1.29 is 14.7 Å². The highest BCUT2D eigenvalue weighted by atomic mass is 35.5. The summed E-state index contributed by atoms with van der Waals surface area (Å²) in [6.07, 6.45) is 0. The highest BCUT2D eigenvalue weighted by Gasteiger charge is 2.23. The number of hydrogen-bond acceptors (Lipinski definition) is 3. The Morgan fingerprint density at radius 2 is 2.29 bits per heavy atom. The first-order chi connectivity index (χ1) is 6.70. The summed E-state index contributed by atoms with van der Waals surface area (Å²) in [6.45, 7) is -0.0638. The Kier molecular flexibility index (Phi) is 2.09. The Labute approximate surface area is 84.0 Å². The van der Waals surface area contributed by atoms with Crippen molar-refractivity contribution in [2.45, 2.75) is 0 Å². The molecule has 0 unspecified atom stereocenters. The zero-order valence-corrected chi connectivity index (χ0v) is 7.72. The Balaban J connectivity index is 2.57. The maximum atomic E-state index is 11.0. The van der Waals surface area contributed by atoms with E-state index >= 15 is 0 Å². The molecule has 1 aliphatic heterocycles. The molecule has 0 spiro atoms. The van der Waals surface area contributed by atoms with Gasteiger partial charge in [-0.1, -0.05) is 11.6 Å². The molecule has 14 heavy (non-hydrogen) atoms. The van der Waals surface area contributed by atoms with Crippen molar-refractivity contribution in [3.8, 4) is 5.75 Å².